The van der Waals surface area contributed by atoms with E-state index in [-0.39, 0.29) is 21.4 Å². The van der Waals surface area contributed by atoms with Gasteiger partial charge in [-0.2, -0.15) is 5.26 Å². The number of alkyl halides is 1. The van der Waals surface area contributed by atoms with Gasteiger partial charge in [0.15, 0.2) is 0 Å². The Morgan fingerprint density at radius 2 is 2.12 bits per heavy atom. The summed E-state index contributed by atoms with van der Waals surface area (Å²) in [6.07, 6.45) is 0. The number of halogens is 2. The molecule has 90 valence electrons. The van der Waals surface area contributed by atoms with Gasteiger partial charge >= 0.3 is 0 Å². The summed E-state index contributed by atoms with van der Waals surface area (Å²) in [7, 11) is 1.06. The summed E-state index contributed by atoms with van der Waals surface area (Å²) in [5, 5.41) is 19.5. The van der Waals surface area contributed by atoms with E-state index < -0.39 is 19.7 Å². The number of benzene rings is 1. The normalized spacial score (nSPS) is 10.9. The number of nitrogens with zero attached hydrogens (tertiary/aromatic N) is 2. The van der Waals surface area contributed by atoms with Gasteiger partial charge in [0.05, 0.1) is 15.4 Å². The Labute approximate surface area is 110 Å². The van der Waals surface area contributed by atoms with Crippen LogP contribution in [-0.4, -0.2) is 13.3 Å². The fourth-order valence-corrected chi connectivity index (χ4v) is 3.15. The van der Waals surface area contributed by atoms with Gasteiger partial charge < -0.3 is 0 Å². The van der Waals surface area contributed by atoms with Crippen molar-refractivity contribution >= 4 is 41.4 Å². The molecule has 0 atom stereocenters. The summed E-state index contributed by atoms with van der Waals surface area (Å²) in [5.74, 6) is 0. The molecule has 0 saturated heterocycles. The largest absolute Gasteiger partial charge is 0.292 e. The third-order valence-electron chi connectivity index (χ3n) is 1.94. The molecule has 0 aromatic heterocycles. The van der Waals surface area contributed by atoms with Crippen molar-refractivity contribution in [3.05, 3.63) is 33.4 Å². The van der Waals surface area contributed by atoms with E-state index in [1.165, 1.54) is 0 Å². The van der Waals surface area contributed by atoms with Gasteiger partial charge in [-0.05, 0) is 12.1 Å². The Kier molecular flexibility index (Phi) is 4.08. The lowest BCUT2D eigenvalue weighted by atomic mass is 10.1. The summed E-state index contributed by atoms with van der Waals surface area (Å²) in [6.45, 7) is 0. The van der Waals surface area contributed by atoms with Crippen molar-refractivity contribution in [3.63, 3.8) is 0 Å². The van der Waals surface area contributed by atoms with Crippen molar-refractivity contribution in [2.45, 2.75) is 10.2 Å². The lowest BCUT2D eigenvalue weighted by molar-refractivity contribution is -0.385. The van der Waals surface area contributed by atoms with Crippen molar-refractivity contribution in [1.29, 1.82) is 5.26 Å². The molecular formula is C8H4BrClN2O4S. The third-order valence-corrected chi connectivity index (χ3v) is 3.91. The zero-order valence-corrected chi connectivity index (χ0v) is 11.2. The molecule has 0 aliphatic carbocycles. The van der Waals surface area contributed by atoms with Gasteiger partial charge in [0.1, 0.15) is 11.6 Å². The number of hydrogen-bond donors (Lipinski definition) is 0. The molecule has 1 aromatic rings. The first kappa shape index (κ1) is 13.9. The average Bonchev–Trinajstić information content (AvgIpc) is 2.25. The van der Waals surface area contributed by atoms with Crippen LogP contribution in [0.5, 0.6) is 0 Å². The molecule has 0 N–H and O–H groups in total. The first-order valence-electron chi connectivity index (χ1n) is 4.04. The van der Waals surface area contributed by atoms with E-state index >= 15 is 0 Å². The monoisotopic (exact) mass is 338 g/mol. The molecule has 1 aromatic carbocycles. The van der Waals surface area contributed by atoms with Crippen LogP contribution in [0.2, 0.25) is 0 Å². The molecule has 0 amide bonds. The van der Waals surface area contributed by atoms with Crippen LogP contribution >= 0.6 is 26.6 Å². The molecule has 0 saturated carbocycles. The molecule has 0 aliphatic rings. The van der Waals surface area contributed by atoms with E-state index in [1.54, 1.807) is 6.07 Å². The van der Waals surface area contributed by atoms with Crippen LogP contribution in [0.4, 0.5) is 5.69 Å². The predicted molar refractivity (Wildman–Crippen MR) is 63.5 cm³/mol. The van der Waals surface area contributed by atoms with Crippen LogP contribution < -0.4 is 0 Å². The second-order valence-electron chi connectivity index (χ2n) is 2.88. The van der Waals surface area contributed by atoms with E-state index in [4.69, 9.17) is 15.9 Å². The predicted octanol–water partition coefficient (Wildman–Crippen LogP) is 2.29. The summed E-state index contributed by atoms with van der Waals surface area (Å²) in [4.78, 5) is 9.66. The maximum absolute atomic E-state index is 11.2. The van der Waals surface area contributed by atoms with Crippen LogP contribution in [0.15, 0.2) is 17.0 Å². The van der Waals surface area contributed by atoms with Crippen molar-refractivity contribution in [3.8, 4) is 6.07 Å². The summed E-state index contributed by atoms with van der Waals surface area (Å²) in [6, 6.07) is 3.76. The minimum atomic E-state index is -4.10. The van der Waals surface area contributed by atoms with Crippen molar-refractivity contribution in [1.82, 2.24) is 0 Å². The lowest BCUT2D eigenvalue weighted by Crippen LogP contribution is -2.03. The van der Waals surface area contributed by atoms with Crippen molar-refractivity contribution < 1.29 is 13.3 Å². The molecular weight excluding hydrogens is 336 g/mol. The zero-order valence-electron chi connectivity index (χ0n) is 8.05. The molecule has 0 heterocycles. The van der Waals surface area contributed by atoms with Gasteiger partial charge in [-0.25, -0.2) is 8.42 Å². The maximum Gasteiger partial charge on any atom is 0.292 e. The highest BCUT2D eigenvalue weighted by atomic mass is 79.9. The maximum atomic E-state index is 11.2. The topological polar surface area (TPSA) is 101 Å². The highest BCUT2D eigenvalue weighted by Gasteiger charge is 2.27. The second kappa shape index (κ2) is 5.00. The first-order chi connectivity index (χ1) is 7.82. The Morgan fingerprint density at radius 3 is 2.47 bits per heavy atom. The van der Waals surface area contributed by atoms with Gasteiger partial charge in [0, 0.05) is 16.0 Å². The second-order valence-corrected chi connectivity index (χ2v) is 5.97. The van der Waals surface area contributed by atoms with Crippen LogP contribution in [0.1, 0.15) is 11.1 Å². The van der Waals surface area contributed by atoms with Gasteiger partial charge in [-0.3, -0.25) is 10.1 Å². The van der Waals surface area contributed by atoms with Gasteiger partial charge in [-0.15, -0.1) is 0 Å². The average molecular weight is 340 g/mol. The molecule has 0 fully saturated rings. The Bertz CT molecular complexity index is 623. The first-order valence-corrected chi connectivity index (χ1v) is 7.47. The molecule has 9 heteroatoms. The molecule has 0 radical (unpaired) electrons. The Hall–Kier alpha value is -1.17. The molecule has 1 rings (SSSR count). The van der Waals surface area contributed by atoms with E-state index in [0.29, 0.717) is 0 Å². The van der Waals surface area contributed by atoms with Crippen LogP contribution in [0, 0.1) is 21.4 Å². The molecule has 0 unspecified atom stereocenters. The smallest absolute Gasteiger partial charge is 0.258 e. The molecule has 6 nitrogen and oxygen atoms in total. The molecule has 0 spiro atoms. The zero-order chi connectivity index (χ0) is 13.2. The van der Waals surface area contributed by atoms with Gasteiger partial charge in [0.2, 0.25) is 0 Å². The molecule has 0 bridgehead atoms. The lowest BCUT2D eigenvalue weighted by Gasteiger charge is -2.05. The standard InChI is InChI=1S/C8H4BrClN2O4S/c9-3-6-7(17(10,15)16)2-1-5(4-11)8(6)12(13)14/h1-2H,3H2. The minimum absolute atomic E-state index is 0.0971. The van der Waals surface area contributed by atoms with Crippen LogP contribution in [0.3, 0.4) is 0 Å². The van der Waals surface area contributed by atoms with E-state index in [1.807, 2.05) is 0 Å². The van der Waals surface area contributed by atoms with E-state index in [0.717, 1.165) is 12.1 Å². The quantitative estimate of drug-likeness (QED) is 0.364. The Morgan fingerprint density at radius 1 is 1.53 bits per heavy atom. The van der Waals surface area contributed by atoms with Crippen LogP contribution in [0.25, 0.3) is 0 Å². The fourth-order valence-electron chi connectivity index (χ4n) is 1.27. The summed E-state index contributed by atoms with van der Waals surface area (Å²) >= 11 is 2.95. The van der Waals surface area contributed by atoms with Gasteiger partial charge in [0.25, 0.3) is 14.7 Å². The minimum Gasteiger partial charge on any atom is -0.258 e. The summed E-state index contributed by atoms with van der Waals surface area (Å²) < 4.78 is 22.5. The summed E-state index contributed by atoms with van der Waals surface area (Å²) in [5.41, 5.74) is -0.899. The van der Waals surface area contributed by atoms with Crippen molar-refractivity contribution in [2.75, 3.05) is 0 Å². The highest BCUT2D eigenvalue weighted by Crippen LogP contribution is 2.32. The number of rotatable bonds is 3. The molecule has 0 aliphatic heterocycles. The Balaban J connectivity index is 3.78. The third kappa shape index (κ3) is 2.74. The molecule has 17 heavy (non-hydrogen) atoms. The van der Waals surface area contributed by atoms with Crippen molar-refractivity contribution in [2.24, 2.45) is 0 Å². The number of nitro benzene ring substituents is 1. The SMILES string of the molecule is N#Cc1ccc(S(=O)(=O)Cl)c(CBr)c1[N+](=O)[O-]. The van der Waals surface area contributed by atoms with Crippen LogP contribution in [-0.2, 0) is 14.4 Å². The van der Waals surface area contributed by atoms with Gasteiger partial charge in [-0.1, -0.05) is 15.9 Å². The number of hydrogen-bond acceptors (Lipinski definition) is 5. The fraction of sp³-hybridized carbons (Fsp3) is 0.125. The number of nitriles is 1. The van der Waals surface area contributed by atoms with E-state index in [2.05, 4.69) is 15.9 Å². The highest BCUT2D eigenvalue weighted by molar-refractivity contribution is 9.08. The number of nitro groups is 1. The van der Waals surface area contributed by atoms with E-state index in [9.17, 15) is 18.5 Å².